The van der Waals surface area contributed by atoms with Gasteiger partial charge in [0.1, 0.15) is 6.07 Å². The molecule has 0 N–H and O–H groups in total. The molecule has 4 nitrogen and oxygen atoms in total. The van der Waals surface area contributed by atoms with Crippen LogP contribution in [-0.2, 0) is 16.0 Å². The summed E-state index contributed by atoms with van der Waals surface area (Å²) in [6.07, 6.45) is 3.63. The van der Waals surface area contributed by atoms with Crippen molar-refractivity contribution in [3.8, 4) is 6.07 Å². The molecule has 0 fully saturated rings. The largest absolute Gasteiger partial charge is 0.462 e. The van der Waals surface area contributed by atoms with Crippen LogP contribution in [0.5, 0.6) is 0 Å². The van der Waals surface area contributed by atoms with Gasteiger partial charge in [0.15, 0.2) is 5.57 Å². The molecule has 2 rings (SSSR count). The van der Waals surface area contributed by atoms with Gasteiger partial charge in [0.05, 0.1) is 6.61 Å². The zero-order valence-electron chi connectivity index (χ0n) is 10.9. The smallest absolute Gasteiger partial charge is 0.350 e. The Labute approximate surface area is 112 Å². The lowest BCUT2D eigenvalue weighted by Gasteiger charge is -2.28. The average molecular weight is 256 g/mol. The van der Waals surface area contributed by atoms with Gasteiger partial charge in [-0.05, 0) is 31.4 Å². The molecule has 1 aromatic carbocycles. The third-order valence-corrected chi connectivity index (χ3v) is 3.05. The molecule has 0 amide bonds. The first-order valence-corrected chi connectivity index (χ1v) is 6.40. The van der Waals surface area contributed by atoms with E-state index in [0.717, 1.165) is 25.1 Å². The molecule has 0 saturated heterocycles. The quantitative estimate of drug-likeness (QED) is 0.473. The van der Waals surface area contributed by atoms with Crippen LogP contribution in [0, 0.1) is 11.3 Å². The van der Waals surface area contributed by atoms with Crippen LogP contribution in [0.15, 0.2) is 36.0 Å². The Morgan fingerprint density at radius 3 is 3.05 bits per heavy atom. The number of aryl methyl sites for hydroxylation is 1. The summed E-state index contributed by atoms with van der Waals surface area (Å²) in [6.45, 7) is 2.80. The third kappa shape index (κ3) is 2.94. The minimum absolute atomic E-state index is 0.0403. The zero-order chi connectivity index (χ0) is 13.7. The van der Waals surface area contributed by atoms with E-state index in [-0.39, 0.29) is 12.2 Å². The molecule has 0 saturated carbocycles. The predicted octanol–water partition coefficient (Wildman–Crippen LogP) is 2.41. The second-order valence-electron chi connectivity index (χ2n) is 4.30. The Balaban J connectivity index is 2.28. The van der Waals surface area contributed by atoms with Crippen LogP contribution >= 0.6 is 0 Å². The highest BCUT2D eigenvalue weighted by molar-refractivity contribution is 5.93. The number of nitriles is 1. The number of rotatable bonds is 3. The molecule has 0 radical (unpaired) electrons. The van der Waals surface area contributed by atoms with E-state index in [1.807, 2.05) is 29.2 Å². The average Bonchev–Trinajstić information content (AvgIpc) is 2.45. The molecule has 0 unspecified atom stereocenters. The fraction of sp³-hybridized carbons (Fsp3) is 0.333. The third-order valence-electron chi connectivity index (χ3n) is 3.05. The summed E-state index contributed by atoms with van der Waals surface area (Å²) in [4.78, 5) is 13.6. The first kappa shape index (κ1) is 13.2. The van der Waals surface area contributed by atoms with Gasteiger partial charge in [0.25, 0.3) is 0 Å². The minimum atomic E-state index is -0.562. The molecule has 0 aliphatic carbocycles. The summed E-state index contributed by atoms with van der Waals surface area (Å²) >= 11 is 0. The van der Waals surface area contributed by atoms with Gasteiger partial charge >= 0.3 is 5.97 Å². The lowest BCUT2D eigenvalue weighted by Crippen LogP contribution is -2.25. The van der Waals surface area contributed by atoms with Crippen LogP contribution in [0.25, 0.3) is 0 Å². The van der Waals surface area contributed by atoms with E-state index in [2.05, 4.69) is 6.07 Å². The molecule has 0 atom stereocenters. The summed E-state index contributed by atoms with van der Waals surface area (Å²) in [7, 11) is 0. The van der Waals surface area contributed by atoms with Gasteiger partial charge in [-0.2, -0.15) is 5.26 Å². The number of nitrogens with zero attached hydrogens (tertiary/aromatic N) is 2. The van der Waals surface area contributed by atoms with Gasteiger partial charge in [0, 0.05) is 18.4 Å². The highest BCUT2D eigenvalue weighted by Crippen LogP contribution is 2.27. The van der Waals surface area contributed by atoms with Crippen molar-refractivity contribution in [2.45, 2.75) is 19.8 Å². The molecule has 1 heterocycles. The maximum absolute atomic E-state index is 11.6. The van der Waals surface area contributed by atoms with E-state index in [0.29, 0.717) is 0 Å². The van der Waals surface area contributed by atoms with Crippen molar-refractivity contribution >= 4 is 11.7 Å². The van der Waals surface area contributed by atoms with Gasteiger partial charge in [-0.25, -0.2) is 4.79 Å². The number of carbonyl (C=O) groups excluding carboxylic acids is 1. The zero-order valence-corrected chi connectivity index (χ0v) is 10.9. The standard InChI is InChI=1S/C15H16N2O2/c1-2-19-15(18)13(10-16)11-17-9-5-7-12-6-3-4-8-14(12)17/h3-4,6,8,11H,2,5,7,9H2,1H3/b13-11-. The van der Waals surface area contributed by atoms with Gasteiger partial charge in [0.2, 0.25) is 0 Å². The summed E-state index contributed by atoms with van der Waals surface area (Å²) < 4.78 is 4.87. The Morgan fingerprint density at radius 1 is 1.53 bits per heavy atom. The van der Waals surface area contributed by atoms with Crippen molar-refractivity contribution in [1.82, 2.24) is 0 Å². The fourth-order valence-electron chi connectivity index (χ4n) is 2.19. The van der Waals surface area contributed by atoms with Crippen molar-refractivity contribution in [3.63, 3.8) is 0 Å². The lowest BCUT2D eigenvalue weighted by atomic mass is 10.0. The Kier molecular flexibility index (Phi) is 4.19. The highest BCUT2D eigenvalue weighted by atomic mass is 16.5. The first-order chi connectivity index (χ1) is 9.26. The van der Waals surface area contributed by atoms with Crippen molar-refractivity contribution < 1.29 is 9.53 Å². The Morgan fingerprint density at radius 2 is 2.32 bits per heavy atom. The molecule has 19 heavy (non-hydrogen) atoms. The summed E-state index contributed by atoms with van der Waals surface area (Å²) in [5.41, 5.74) is 2.34. The van der Waals surface area contributed by atoms with Gasteiger partial charge in [-0.1, -0.05) is 18.2 Å². The van der Waals surface area contributed by atoms with Crippen LogP contribution < -0.4 is 4.90 Å². The number of anilines is 1. The fourth-order valence-corrected chi connectivity index (χ4v) is 2.19. The molecule has 0 aromatic heterocycles. The number of esters is 1. The Bertz CT molecular complexity index is 543. The molecule has 4 heteroatoms. The second kappa shape index (κ2) is 6.05. The van der Waals surface area contributed by atoms with Crippen molar-refractivity contribution in [2.75, 3.05) is 18.1 Å². The van der Waals surface area contributed by atoms with Crippen molar-refractivity contribution in [2.24, 2.45) is 0 Å². The number of hydrogen-bond donors (Lipinski definition) is 0. The lowest BCUT2D eigenvalue weighted by molar-refractivity contribution is -0.138. The first-order valence-electron chi connectivity index (χ1n) is 6.40. The summed E-state index contributed by atoms with van der Waals surface area (Å²) in [5, 5.41) is 9.06. The van der Waals surface area contributed by atoms with E-state index < -0.39 is 5.97 Å². The number of fused-ring (bicyclic) bond motifs is 1. The minimum Gasteiger partial charge on any atom is -0.462 e. The molecule has 1 aromatic rings. The maximum Gasteiger partial charge on any atom is 0.350 e. The monoisotopic (exact) mass is 256 g/mol. The summed E-state index contributed by atoms with van der Waals surface area (Å²) in [5.74, 6) is -0.562. The molecule has 0 spiro atoms. The van der Waals surface area contributed by atoms with Crippen LogP contribution in [0.1, 0.15) is 18.9 Å². The molecule has 98 valence electrons. The van der Waals surface area contributed by atoms with Crippen LogP contribution in [-0.4, -0.2) is 19.1 Å². The van der Waals surface area contributed by atoms with E-state index in [9.17, 15) is 4.79 Å². The Hall–Kier alpha value is -2.28. The van der Waals surface area contributed by atoms with Gasteiger partial charge in [-0.15, -0.1) is 0 Å². The van der Waals surface area contributed by atoms with Crippen molar-refractivity contribution in [1.29, 1.82) is 5.26 Å². The number of benzene rings is 1. The normalized spacial score (nSPS) is 14.5. The van der Waals surface area contributed by atoms with Gasteiger partial charge < -0.3 is 9.64 Å². The molecule has 1 aliphatic rings. The predicted molar refractivity (Wildman–Crippen MR) is 72.4 cm³/mol. The van der Waals surface area contributed by atoms with Crippen molar-refractivity contribution in [3.05, 3.63) is 41.6 Å². The molecule has 1 aliphatic heterocycles. The second-order valence-corrected chi connectivity index (χ2v) is 4.30. The van der Waals surface area contributed by atoms with E-state index in [1.165, 1.54) is 5.56 Å². The number of ether oxygens (including phenoxy) is 1. The number of para-hydroxylation sites is 1. The molecular weight excluding hydrogens is 240 g/mol. The summed E-state index contributed by atoms with van der Waals surface area (Å²) in [6, 6.07) is 9.95. The number of carbonyl (C=O) groups is 1. The number of hydrogen-bond acceptors (Lipinski definition) is 4. The maximum atomic E-state index is 11.6. The highest BCUT2D eigenvalue weighted by Gasteiger charge is 2.17. The molecule has 0 bridgehead atoms. The van der Waals surface area contributed by atoms with E-state index in [4.69, 9.17) is 10.00 Å². The van der Waals surface area contributed by atoms with E-state index >= 15 is 0 Å². The van der Waals surface area contributed by atoms with Crippen LogP contribution in [0.3, 0.4) is 0 Å². The van der Waals surface area contributed by atoms with Gasteiger partial charge in [-0.3, -0.25) is 0 Å². The topological polar surface area (TPSA) is 53.3 Å². The van der Waals surface area contributed by atoms with E-state index in [1.54, 1.807) is 13.1 Å². The van der Waals surface area contributed by atoms with Crippen LogP contribution in [0.2, 0.25) is 0 Å². The molecular formula is C15H16N2O2. The van der Waals surface area contributed by atoms with Crippen LogP contribution in [0.4, 0.5) is 5.69 Å². The SMILES string of the molecule is CCOC(=O)/C(C#N)=C\N1CCCc2ccccc21.